The molecule has 8 heteroatoms. The Bertz CT molecular complexity index is 96.6. The third-order valence-corrected chi connectivity index (χ3v) is 0. The Balaban J connectivity index is 5.14. The quantitative estimate of drug-likeness (QED) is 0.440. The molecule has 0 rings (SSSR count). The molecule has 0 saturated heterocycles. The van der Waals surface area contributed by atoms with E-state index in [0.717, 1.165) is 0 Å². The van der Waals surface area contributed by atoms with Gasteiger partial charge in [0.15, 0.2) is 0 Å². The predicted octanol–water partition coefficient (Wildman–Crippen LogP) is 2.94. The molecule has 0 fully saturated rings. The molecule has 0 unspecified atom stereocenters. The number of rotatable bonds is 0. The van der Waals surface area contributed by atoms with Gasteiger partial charge in [-0.15, -0.1) is 0 Å². The van der Waals surface area contributed by atoms with Crippen LogP contribution in [0.2, 0.25) is 0 Å². The van der Waals surface area contributed by atoms with Gasteiger partial charge in [0.05, 0.1) is 0 Å². The molecule has 56 valence electrons. The van der Waals surface area contributed by atoms with Crippen LogP contribution in [0.15, 0.2) is 0 Å². The molecular formula is F7Nb-2. The fourth-order valence-corrected chi connectivity index (χ4v) is 0. The Labute approximate surface area is 39.0 Å². The molecule has 0 atom stereocenters. The molecule has 0 saturated carbocycles. The zero-order valence-electron chi connectivity index (χ0n) is 3.09. The monoisotopic (exact) mass is 226 g/mol. The van der Waals surface area contributed by atoms with Gasteiger partial charge in [-0.05, 0) is 0 Å². The first-order chi connectivity index (χ1) is 2.65. The molecule has 0 radical (unpaired) electrons. The van der Waals surface area contributed by atoms with Crippen molar-refractivity contribution in [2.45, 2.75) is 0 Å². The van der Waals surface area contributed by atoms with E-state index in [-0.39, 0.29) is 0 Å². The normalized spacial score (nSPS) is 27.1. The van der Waals surface area contributed by atoms with Gasteiger partial charge in [0.2, 0.25) is 0 Å². The van der Waals surface area contributed by atoms with E-state index in [2.05, 4.69) is 0 Å². The summed E-state index contributed by atoms with van der Waals surface area (Å²) in [5, 5.41) is 0. The van der Waals surface area contributed by atoms with Gasteiger partial charge in [-0.3, -0.25) is 0 Å². The molecule has 0 N–H and O–H groups in total. The van der Waals surface area contributed by atoms with E-state index < -0.39 is 17.0 Å². The first-order valence-electron chi connectivity index (χ1n) is 1.18. The summed E-state index contributed by atoms with van der Waals surface area (Å²) in [6, 6.07) is 0. The molecular weight excluding hydrogens is 226 g/mol. The number of hydrogen-bond donors (Lipinski definition) is 0. The summed E-state index contributed by atoms with van der Waals surface area (Å²) in [4.78, 5) is 0. The van der Waals surface area contributed by atoms with Gasteiger partial charge >= 0.3 is 38.2 Å². The zero-order valence-corrected chi connectivity index (χ0v) is 5.29. The predicted molar refractivity (Wildman–Crippen MR) is 7.76 cm³/mol. The van der Waals surface area contributed by atoms with Gasteiger partial charge in [0, 0.05) is 0 Å². The topological polar surface area (TPSA) is 0 Å². The van der Waals surface area contributed by atoms with Crippen LogP contribution in [0.3, 0.4) is 0 Å². The van der Waals surface area contributed by atoms with Crippen molar-refractivity contribution in [3.05, 3.63) is 0 Å². The van der Waals surface area contributed by atoms with Crippen molar-refractivity contribution in [1.29, 1.82) is 0 Å². The maximum atomic E-state index is 9.94. The molecule has 0 aromatic carbocycles. The van der Waals surface area contributed by atoms with Crippen molar-refractivity contribution in [1.82, 2.24) is 0 Å². The summed E-state index contributed by atoms with van der Waals surface area (Å²) >= 11 is -13.3. The van der Waals surface area contributed by atoms with Crippen molar-refractivity contribution >= 4 is 0 Å². The molecule has 0 aliphatic heterocycles. The second kappa shape index (κ2) is 0.627. The van der Waals surface area contributed by atoms with Crippen LogP contribution in [0.1, 0.15) is 0 Å². The second-order valence-electron chi connectivity index (χ2n) is 1.34. The van der Waals surface area contributed by atoms with Crippen LogP contribution in [-0.4, -0.2) is 0 Å². The molecule has 8 heavy (non-hydrogen) atoms. The van der Waals surface area contributed by atoms with Gasteiger partial charge in [-0.1, -0.05) is 0 Å². The van der Waals surface area contributed by atoms with Crippen LogP contribution in [0, 0.1) is 0 Å². The molecule has 0 heterocycles. The molecule has 0 aliphatic carbocycles. The van der Waals surface area contributed by atoms with Crippen molar-refractivity contribution in [3.63, 3.8) is 0 Å². The van der Waals surface area contributed by atoms with Crippen molar-refractivity contribution in [2.24, 2.45) is 0 Å². The van der Waals surface area contributed by atoms with E-state index in [1.165, 1.54) is 0 Å². The van der Waals surface area contributed by atoms with Crippen LogP contribution in [0.5, 0.6) is 0 Å². The third-order valence-electron chi connectivity index (χ3n) is 0. The van der Waals surface area contributed by atoms with E-state index in [1.54, 1.807) is 0 Å². The van der Waals surface area contributed by atoms with Crippen LogP contribution in [-0.2, 0) is 17.0 Å². The fourth-order valence-electron chi connectivity index (χ4n) is 0. The van der Waals surface area contributed by atoms with Gasteiger partial charge in [0.1, 0.15) is 0 Å². The summed E-state index contributed by atoms with van der Waals surface area (Å²) in [5.74, 6) is 0. The average molecular weight is 226 g/mol. The summed E-state index contributed by atoms with van der Waals surface area (Å²) < 4.78 is 69.6. The summed E-state index contributed by atoms with van der Waals surface area (Å²) in [6.07, 6.45) is 0. The van der Waals surface area contributed by atoms with E-state index in [1.807, 2.05) is 0 Å². The van der Waals surface area contributed by atoms with Gasteiger partial charge in [-0.2, -0.15) is 0 Å². The minimum absolute atomic E-state index is 9.94. The first kappa shape index (κ1) is 8.25. The molecule has 0 spiro atoms. The van der Waals surface area contributed by atoms with Crippen LogP contribution in [0.4, 0.5) is 21.2 Å². The molecule has 0 aliphatic rings. The Morgan fingerprint density at radius 1 is 0.500 bits per heavy atom. The van der Waals surface area contributed by atoms with Gasteiger partial charge < -0.3 is 0 Å². The third kappa shape index (κ3) is 2750. The summed E-state index contributed by atoms with van der Waals surface area (Å²) in [5.41, 5.74) is 0. The Morgan fingerprint density at radius 3 is 0.500 bits per heavy atom. The van der Waals surface area contributed by atoms with Gasteiger partial charge in [-0.25, -0.2) is 0 Å². The summed E-state index contributed by atoms with van der Waals surface area (Å²) in [6.45, 7) is 0. The van der Waals surface area contributed by atoms with Crippen molar-refractivity contribution in [3.8, 4) is 0 Å². The van der Waals surface area contributed by atoms with Gasteiger partial charge in [0.25, 0.3) is 0 Å². The average Bonchev–Trinajstić information content (AvgIpc) is 0.544. The Hall–Kier alpha value is 0.250. The van der Waals surface area contributed by atoms with Crippen molar-refractivity contribution in [2.75, 3.05) is 0 Å². The Kier molecular flexibility index (Phi) is 0.647. The molecule has 0 bridgehead atoms. The van der Waals surface area contributed by atoms with Crippen LogP contribution in [0.25, 0.3) is 0 Å². The van der Waals surface area contributed by atoms with E-state index in [4.69, 9.17) is 0 Å². The molecule has 0 amide bonds. The fraction of sp³-hybridized carbons (Fsp3) is 0. The molecule has 0 aromatic heterocycles. The maximum absolute atomic E-state index is 13.3. The van der Waals surface area contributed by atoms with Crippen LogP contribution >= 0.6 is 0 Å². The van der Waals surface area contributed by atoms with Crippen molar-refractivity contribution < 1.29 is 38.2 Å². The molecule has 0 nitrogen and oxygen atoms in total. The zero-order chi connectivity index (χ0) is 7.38. The standard InChI is InChI=1S/7FH.Nb/h7*1H;/q;;;;;;;+5/p-7. The summed E-state index contributed by atoms with van der Waals surface area (Å²) in [7, 11) is 0. The first-order valence-corrected chi connectivity index (χ1v) is 7.00. The Morgan fingerprint density at radius 2 is 0.500 bits per heavy atom. The number of hydrogen-bond acceptors (Lipinski definition) is 0. The van der Waals surface area contributed by atoms with E-state index >= 15 is 0 Å². The SMILES string of the molecule is [F][Nb-2]([F])([F])([F])([F])([F])[F]. The molecule has 0 aromatic rings. The van der Waals surface area contributed by atoms with E-state index in [0.29, 0.717) is 0 Å². The van der Waals surface area contributed by atoms with Crippen LogP contribution < -0.4 is 0 Å². The number of halogens is 7. The minimum atomic E-state index is -13.3. The second-order valence-corrected chi connectivity index (χ2v) is 7.94. The van der Waals surface area contributed by atoms with E-state index in [9.17, 15) is 21.2 Å².